The van der Waals surface area contributed by atoms with Crippen LogP contribution in [-0.2, 0) is 4.74 Å². The molecule has 4 nitrogen and oxygen atoms in total. The van der Waals surface area contributed by atoms with Crippen LogP contribution in [0.25, 0.3) is 0 Å². The number of carbonyl (C=O) groups excluding carboxylic acids is 2. The zero-order chi connectivity index (χ0) is 15.8. The molecule has 0 radical (unpaired) electrons. The minimum absolute atomic E-state index is 0.0423. The van der Waals surface area contributed by atoms with Crippen molar-refractivity contribution in [1.29, 1.82) is 0 Å². The number of rotatable bonds is 3. The molecular formula is C15H17ClO4S. The van der Waals surface area contributed by atoms with Crippen molar-refractivity contribution in [2.45, 2.75) is 32.6 Å². The van der Waals surface area contributed by atoms with Gasteiger partial charge in [-0.1, -0.05) is 0 Å². The van der Waals surface area contributed by atoms with Crippen LogP contribution >= 0.6 is 21.7 Å². The second kappa shape index (κ2) is 5.89. The molecule has 0 N–H and O–H groups in total. The minimum Gasteiger partial charge on any atom is -0.491 e. The van der Waals surface area contributed by atoms with Gasteiger partial charge in [0.2, 0.25) is 0 Å². The topological polar surface area (TPSA) is 52.6 Å². The zero-order valence-electron chi connectivity index (χ0n) is 12.4. The largest absolute Gasteiger partial charge is 0.491 e. The van der Waals surface area contributed by atoms with Crippen molar-refractivity contribution in [3.63, 3.8) is 0 Å². The minimum atomic E-state index is -0.626. The molecule has 0 atom stereocenters. The maximum atomic E-state index is 12.7. The van der Waals surface area contributed by atoms with Crippen LogP contribution < -0.4 is 4.74 Å². The summed E-state index contributed by atoms with van der Waals surface area (Å²) in [6, 6.07) is 1.62. The second-order valence-electron chi connectivity index (χ2n) is 5.55. The summed E-state index contributed by atoms with van der Waals surface area (Å²) in [5.41, 5.74) is 0.739. The van der Waals surface area contributed by atoms with Crippen molar-refractivity contribution in [3.8, 4) is 5.75 Å². The summed E-state index contributed by atoms with van der Waals surface area (Å²) in [6.07, 6.45) is 0. The van der Waals surface area contributed by atoms with Crippen LogP contribution in [0.2, 0.25) is 0 Å². The lowest BCUT2D eigenvalue weighted by Crippen LogP contribution is -2.36. The Labute approximate surface area is 132 Å². The number of hydrogen-bond acceptors (Lipinski definition) is 5. The van der Waals surface area contributed by atoms with E-state index in [1.807, 2.05) is 13.8 Å². The van der Waals surface area contributed by atoms with E-state index in [4.69, 9.17) is 20.2 Å². The van der Waals surface area contributed by atoms with Crippen molar-refractivity contribution in [1.82, 2.24) is 0 Å². The molecular weight excluding hydrogens is 312 g/mol. The van der Waals surface area contributed by atoms with E-state index in [9.17, 15) is 9.59 Å². The van der Waals surface area contributed by atoms with Crippen LogP contribution in [0.4, 0.5) is 0 Å². The predicted octanol–water partition coefficient (Wildman–Crippen LogP) is 4.02. The van der Waals surface area contributed by atoms with E-state index in [0.717, 1.165) is 11.0 Å². The summed E-state index contributed by atoms with van der Waals surface area (Å²) in [6.45, 7) is 7.68. The Bertz CT molecular complexity index is 610. The number of Topliss-reactive ketones (excluding diaryl/α,β-unsaturated/α-hetero) is 1. The van der Waals surface area contributed by atoms with Crippen LogP contribution in [0.1, 0.15) is 47.1 Å². The van der Waals surface area contributed by atoms with Crippen molar-refractivity contribution >= 4 is 33.4 Å². The highest BCUT2D eigenvalue weighted by Gasteiger charge is 2.39. The third kappa shape index (κ3) is 2.77. The van der Waals surface area contributed by atoms with E-state index in [-0.39, 0.29) is 12.4 Å². The van der Waals surface area contributed by atoms with Crippen LogP contribution in [0, 0.1) is 12.3 Å². The van der Waals surface area contributed by atoms with Gasteiger partial charge in [-0.15, -0.1) is 0 Å². The second-order valence-corrected chi connectivity index (χ2v) is 6.61. The number of carbonyl (C=O) groups is 2. The number of benzene rings is 1. The third-order valence-corrected chi connectivity index (χ3v) is 4.47. The average Bonchev–Trinajstić information content (AvgIpc) is 2.43. The Balaban J connectivity index is 2.67. The molecule has 0 spiro atoms. The molecule has 21 heavy (non-hydrogen) atoms. The highest BCUT2D eigenvalue weighted by molar-refractivity contribution is 8.21. The number of ketones is 1. The molecule has 0 bridgehead atoms. The first-order valence-corrected chi connectivity index (χ1v) is 8.28. The molecule has 6 heteroatoms. The van der Waals surface area contributed by atoms with Gasteiger partial charge in [-0.2, -0.15) is 0 Å². The summed E-state index contributed by atoms with van der Waals surface area (Å²) >= 11 is 0. The molecule has 0 unspecified atom stereocenters. The average molecular weight is 329 g/mol. The maximum Gasteiger partial charge on any atom is 0.338 e. The van der Waals surface area contributed by atoms with E-state index in [0.29, 0.717) is 33.9 Å². The fourth-order valence-electron chi connectivity index (χ4n) is 2.28. The van der Waals surface area contributed by atoms with Gasteiger partial charge in [-0.05, 0) is 61.0 Å². The molecule has 0 saturated carbocycles. The molecule has 1 aromatic carbocycles. The lowest BCUT2D eigenvalue weighted by atomic mass is 9.80. The molecule has 2 rings (SSSR count). The van der Waals surface area contributed by atoms with Crippen molar-refractivity contribution in [2.75, 3.05) is 13.2 Å². The van der Waals surface area contributed by atoms with Crippen LogP contribution in [0.5, 0.6) is 5.75 Å². The van der Waals surface area contributed by atoms with Crippen LogP contribution in [-0.4, -0.2) is 25.0 Å². The molecule has 1 aliphatic heterocycles. The smallest absolute Gasteiger partial charge is 0.338 e. The number of ether oxygens (including phenoxy) is 2. The first-order valence-electron chi connectivity index (χ1n) is 6.64. The third-order valence-electron chi connectivity index (χ3n) is 3.50. The summed E-state index contributed by atoms with van der Waals surface area (Å²) in [7, 11) is 6.79. The lowest BCUT2D eigenvalue weighted by Gasteiger charge is -2.32. The summed E-state index contributed by atoms with van der Waals surface area (Å²) in [5, 5.41) is 0. The van der Waals surface area contributed by atoms with Gasteiger partial charge < -0.3 is 9.47 Å². The molecule has 0 saturated heterocycles. The molecule has 0 fully saturated rings. The quantitative estimate of drug-likeness (QED) is 0.784. The Morgan fingerprint density at radius 1 is 1.52 bits per heavy atom. The number of hydrogen-bond donors (Lipinski definition) is 0. The van der Waals surface area contributed by atoms with Gasteiger partial charge in [0, 0.05) is 0 Å². The van der Waals surface area contributed by atoms with E-state index in [1.165, 1.54) is 0 Å². The number of esters is 1. The van der Waals surface area contributed by atoms with E-state index >= 15 is 0 Å². The monoisotopic (exact) mass is 328 g/mol. The number of fused-ring (bicyclic) bond motifs is 1. The van der Waals surface area contributed by atoms with Crippen molar-refractivity contribution < 1.29 is 19.1 Å². The molecule has 1 heterocycles. The Kier molecular flexibility index (Phi) is 4.54. The molecule has 1 aromatic rings. The van der Waals surface area contributed by atoms with Gasteiger partial charge in [0.1, 0.15) is 12.4 Å². The van der Waals surface area contributed by atoms with E-state index in [1.54, 1.807) is 19.9 Å². The molecule has 0 aromatic heterocycles. The Morgan fingerprint density at radius 2 is 2.19 bits per heavy atom. The molecule has 0 aliphatic carbocycles. The molecule has 0 amide bonds. The standard InChI is InChI=1S/C15H17ClO4S/c1-5-19-14(18)9-6-10(21-16)12-11(8(9)2)13(17)15(3,4)7-20-12/h6H,5,7H2,1-4H3. The van der Waals surface area contributed by atoms with E-state index in [2.05, 4.69) is 0 Å². The molecule has 1 aliphatic rings. The predicted molar refractivity (Wildman–Crippen MR) is 82.5 cm³/mol. The van der Waals surface area contributed by atoms with Crippen LogP contribution in [0.15, 0.2) is 11.0 Å². The van der Waals surface area contributed by atoms with Crippen molar-refractivity contribution in [3.05, 3.63) is 22.8 Å². The zero-order valence-corrected chi connectivity index (χ0v) is 14.0. The lowest BCUT2D eigenvalue weighted by molar-refractivity contribution is 0.0524. The first-order chi connectivity index (χ1) is 9.83. The number of halogens is 1. The molecule has 114 valence electrons. The summed E-state index contributed by atoms with van der Waals surface area (Å²) < 4.78 is 10.8. The SMILES string of the molecule is CCOC(=O)c1cc(SCl)c2c(c1C)C(=O)C(C)(C)CO2. The van der Waals surface area contributed by atoms with Crippen molar-refractivity contribution in [2.24, 2.45) is 5.41 Å². The fourth-order valence-corrected chi connectivity index (χ4v) is 3.02. The maximum absolute atomic E-state index is 12.7. The first kappa shape index (κ1) is 16.2. The normalized spacial score (nSPS) is 16.1. The van der Waals surface area contributed by atoms with Crippen LogP contribution in [0.3, 0.4) is 0 Å². The van der Waals surface area contributed by atoms with Gasteiger partial charge in [-0.3, -0.25) is 4.79 Å². The van der Waals surface area contributed by atoms with Gasteiger partial charge >= 0.3 is 5.97 Å². The van der Waals surface area contributed by atoms with E-state index < -0.39 is 11.4 Å². The fraction of sp³-hybridized carbons (Fsp3) is 0.467. The highest BCUT2D eigenvalue weighted by atomic mass is 35.7. The van der Waals surface area contributed by atoms with Gasteiger partial charge in [-0.25, -0.2) is 4.79 Å². The Morgan fingerprint density at radius 3 is 2.76 bits per heavy atom. The van der Waals surface area contributed by atoms with Gasteiger partial charge in [0.05, 0.1) is 28.0 Å². The highest BCUT2D eigenvalue weighted by Crippen LogP contribution is 2.44. The summed E-state index contributed by atoms with van der Waals surface area (Å²) in [4.78, 5) is 25.3. The van der Waals surface area contributed by atoms with Gasteiger partial charge in [0.15, 0.2) is 5.78 Å². The summed E-state index contributed by atoms with van der Waals surface area (Å²) in [5.74, 6) is -0.0369. The Hall–Kier alpha value is -1.20. The van der Waals surface area contributed by atoms with Gasteiger partial charge in [0.25, 0.3) is 0 Å².